The Morgan fingerprint density at radius 1 is 0.544 bits per heavy atom. The fourth-order valence-corrected chi connectivity index (χ4v) is 10.1. The Morgan fingerprint density at radius 2 is 1.15 bits per heavy atom. The zero-order valence-corrected chi connectivity index (χ0v) is 39.5. The minimum Gasteiger partial charge on any atom is -0.509 e. The minimum absolute atomic E-state index is 0. The first-order valence-electron chi connectivity index (χ1n) is 25.4. The number of nitrogens with zero attached hydrogens (tertiary/aromatic N) is 6. The fourth-order valence-electron chi connectivity index (χ4n) is 10.1. The average Bonchev–Trinajstić information content (AvgIpc) is 4.12. The van der Waals surface area contributed by atoms with Crippen LogP contribution in [0.1, 0.15) is 34.6 Å². The maximum atomic E-state index is 9.03. The Kier molecular flexibility index (Phi) is 8.24. The first-order chi connectivity index (χ1) is 35.1. The molecule has 334 valence electrons. The van der Waals surface area contributed by atoms with Crippen LogP contribution >= 0.6 is 0 Å². The second-order valence-corrected chi connectivity index (χ2v) is 18.2. The third kappa shape index (κ3) is 6.40. The van der Waals surface area contributed by atoms with Crippen LogP contribution < -0.4 is 14.5 Å². The zero-order valence-electron chi connectivity index (χ0n) is 43.2. The van der Waals surface area contributed by atoms with Gasteiger partial charge in [-0.05, 0) is 70.5 Å². The van der Waals surface area contributed by atoms with E-state index in [9.17, 15) is 0 Å². The van der Waals surface area contributed by atoms with Gasteiger partial charge in [0.1, 0.15) is 5.82 Å². The van der Waals surface area contributed by atoms with Crippen LogP contribution in [0, 0.1) is 18.8 Å². The van der Waals surface area contributed by atoms with Crippen LogP contribution in [0.2, 0.25) is 0 Å². The summed E-state index contributed by atoms with van der Waals surface area (Å²) in [6.07, 6.45) is 1.86. The van der Waals surface area contributed by atoms with Gasteiger partial charge in [0.15, 0.2) is 0 Å². The van der Waals surface area contributed by atoms with Gasteiger partial charge in [-0.15, -0.1) is 53.6 Å². The Balaban J connectivity index is 0.00000556. The number of hydrogen-bond donors (Lipinski definition) is 0. The summed E-state index contributed by atoms with van der Waals surface area (Å²) in [5, 5.41) is 4.93. The summed E-state index contributed by atoms with van der Waals surface area (Å²) >= 11 is 0. The van der Waals surface area contributed by atoms with E-state index in [-0.39, 0.29) is 26.5 Å². The van der Waals surface area contributed by atoms with Crippen LogP contribution in [0.3, 0.4) is 0 Å². The molecule has 0 fully saturated rings. The number of fused-ring (bicyclic) bond motifs is 10. The summed E-state index contributed by atoms with van der Waals surface area (Å²) in [4.78, 5) is 8.81. The number of anilines is 4. The molecule has 0 saturated heterocycles. The Morgan fingerprint density at radius 3 is 1.81 bits per heavy atom. The first-order valence-corrected chi connectivity index (χ1v) is 22.4. The molecule has 8 aromatic carbocycles. The molecule has 0 unspecified atom stereocenters. The van der Waals surface area contributed by atoms with Crippen LogP contribution in [-0.4, -0.2) is 18.7 Å². The molecule has 0 spiro atoms. The second-order valence-electron chi connectivity index (χ2n) is 18.2. The van der Waals surface area contributed by atoms with E-state index in [0.29, 0.717) is 61.4 Å². The maximum Gasteiger partial charge on any atom is 0.135 e. The quantitative estimate of drug-likeness (QED) is 0.156. The molecule has 68 heavy (non-hydrogen) atoms. The molecule has 1 aliphatic rings. The van der Waals surface area contributed by atoms with Gasteiger partial charge in [0, 0.05) is 110 Å². The molecule has 0 atom stereocenters. The smallest absolute Gasteiger partial charge is 0.135 e. The molecule has 0 aliphatic carbocycles. The van der Waals surface area contributed by atoms with Gasteiger partial charge in [-0.3, -0.25) is 0 Å². The van der Waals surface area contributed by atoms with Crippen molar-refractivity contribution in [3.05, 3.63) is 200 Å². The van der Waals surface area contributed by atoms with Crippen molar-refractivity contribution in [1.29, 1.82) is 0 Å². The average molecular weight is 1070 g/mol. The predicted molar refractivity (Wildman–Crippen MR) is 276 cm³/mol. The predicted octanol–water partition coefficient (Wildman–Crippen LogP) is 15.2. The van der Waals surface area contributed by atoms with E-state index >= 15 is 0 Å². The van der Waals surface area contributed by atoms with Crippen molar-refractivity contribution in [2.24, 2.45) is 14.0 Å². The SMILES string of the molecule is [2H]C([2H])([2H])n1c2ccccc2c2cc3c4ccccc4n(C([2H])([2H])[2H])c3c(N3[CH-]N(c4[c-]c(Oc5[c-]c6c(cc5)c5ccccc5n6-c5cc(C(C)(C)C)ccn5)cc(-c5ccccc5)c4)c4ccccc43)c21.[Pt]. The van der Waals surface area contributed by atoms with Gasteiger partial charge in [-0.1, -0.05) is 123 Å². The third-order valence-electron chi connectivity index (χ3n) is 13.3. The van der Waals surface area contributed by atoms with E-state index in [1.54, 1.807) is 0 Å². The largest absolute Gasteiger partial charge is 0.509 e. The molecule has 7 nitrogen and oxygen atoms in total. The van der Waals surface area contributed by atoms with Gasteiger partial charge in [0.2, 0.25) is 0 Å². The van der Waals surface area contributed by atoms with Gasteiger partial charge < -0.3 is 28.2 Å². The maximum absolute atomic E-state index is 9.03. The van der Waals surface area contributed by atoms with Crippen molar-refractivity contribution in [1.82, 2.24) is 18.7 Å². The monoisotopic (exact) mass is 1070 g/mol. The third-order valence-corrected chi connectivity index (χ3v) is 13.3. The zero-order chi connectivity index (χ0) is 50.1. The van der Waals surface area contributed by atoms with Gasteiger partial charge >= 0.3 is 0 Å². The van der Waals surface area contributed by atoms with Crippen LogP contribution in [0.5, 0.6) is 11.5 Å². The van der Waals surface area contributed by atoms with E-state index in [1.165, 1.54) is 9.13 Å². The summed E-state index contributed by atoms with van der Waals surface area (Å²) in [5.41, 5.74) is 8.99. The molecule has 5 heterocycles. The molecule has 0 bridgehead atoms. The number of hydrogen-bond acceptors (Lipinski definition) is 4. The van der Waals surface area contributed by atoms with Gasteiger partial charge in [0.25, 0.3) is 0 Å². The van der Waals surface area contributed by atoms with Crippen LogP contribution in [-0.2, 0) is 40.4 Å². The molecule has 13 rings (SSSR count). The molecule has 12 aromatic rings. The standard InChI is InChI=1S/C60H45N6O.Pt/c1-60(2,3)40-29-30-61-56(33-40)66-52-24-14-11-19-44(52)47-28-27-42(35-55(47)66)67-43-32-39(38-17-7-6-8-18-38)31-41(34-43)64-37-65(54-26-16-15-25-53(54)64)59-57-48(45-20-9-12-22-50(45)62(57)4)36-49-46-21-10-13-23-51(46)63(5)58(49)59;/h6-33,36-37H,1-5H3;/q-3;/i4D3,5D3;. The van der Waals surface area contributed by atoms with Crippen molar-refractivity contribution < 1.29 is 34.0 Å². The molecule has 0 saturated carbocycles. The number of ether oxygens (including phenoxy) is 1. The second kappa shape index (κ2) is 15.8. The Labute approximate surface area is 417 Å². The van der Waals surface area contributed by atoms with Gasteiger partial charge in [-0.2, -0.15) is 6.07 Å². The van der Waals surface area contributed by atoms with E-state index in [0.717, 1.165) is 60.8 Å². The van der Waals surface area contributed by atoms with Crippen LogP contribution in [0.4, 0.5) is 22.7 Å². The summed E-state index contributed by atoms with van der Waals surface area (Å²) in [6, 6.07) is 62.5. The van der Waals surface area contributed by atoms with E-state index in [1.807, 2.05) is 162 Å². The fraction of sp³-hybridized carbons (Fsp3) is 0.100. The molecular weight excluding hydrogens is 1020 g/mol. The van der Waals surface area contributed by atoms with Crippen molar-refractivity contribution in [2.45, 2.75) is 26.2 Å². The van der Waals surface area contributed by atoms with Crippen molar-refractivity contribution in [2.75, 3.05) is 9.80 Å². The summed E-state index contributed by atoms with van der Waals surface area (Å²) in [6.45, 7) is 3.19. The molecule has 0 N–H and O–H groups in total. The number of aryl methyl sites for hydroxylation is 2. The Hall–Kier alpha value is -7.60. The van der Waals surface area contributed by atoms with Crippen LogP contribution in [0.15, 0.2) is 176 Å². The summed E-state index contributed by atoms with van der Waals surface area (Å²) < 4.78 is 65.9. The van der Waals surface area contributed by atoms with E-state index in [2.05, 4.69) is 67.8 Å². The molecule has 1 aliphatic heterocycles. The van der Waals surface area contributed by atoms with E-state index in [4.69, 9.17) is 17.9 Å². The van der Waals surface area contributed by atoms with Crippen LogP contribution in [0.25, 0.3) is 82.4 Å². The normalized spacial score (nSPS) is 14.5. The number of para-hydroxylation sites is 5. The topological polar surface area (TPSA) is 43.4 Å². The first kappa shape index (κ1) is 35.6. The number of benzene rings is 8. The number of aromatic nitrogens is 4. The van der Waals surface area contributed by atoms with Gasteiger partial charge in [0.05, 0.1) is 16.7 Å². The minimum atomic E-state index is -2.65. The molecular formula is C60H45N6OPt-3. The van der Waals surface area contributed by atoms with Gasteiger partial charge in [-0.25, -0.2) is 4.98 Å². The molecule has 0 amide bonds. The Bertz CT molecular complexity index is 4100. The molecule has 0 radical (unpaired) electrons. The van der Waals surface area contributed by atoms with Crippen molar-refractivity contribution in [3.63, 3.8) is 0 Å². The van der Waals surface area contributed by atoms with Crippen molar-refractivity contribution in [3.8, 4) is 28.4 Å². The molecule has 8 heteroatoms. The molecule has 4 aromatic heterocycles. The summed E-state index contributed by atoms with van der Waals surface area (Å²) in [7, 11) is 0. The number of pyridine rings is 1. The van der Waals surface area contributed by atoms with Crippen molar-refractivity contribution >= 4 is 88.2 Å². The number of rotatable bonds is 6. The summed E-state index contributed by atoms with van der Waals surface area (Å²) in [5.74, 6) is 1.69. The van der Waals surface area contributed by atoms with E-state index < -0.39 is 14.0 Å².